The van der Waals surface area contributed by atoms with E-state index in [0.717, 1.165) is 25.3 Å². The second kappa shape index (κ2) is 7.80. The number of aromatic nitrogens is 1. The molecule has 1 aromatic carbocycles. The maximum atomic E-state index is 15.5. The molecule has 9 heteroatoms. The molecule has 1 aromatic heterocycles. The number of halogens is 1. The van der Waals surface area contributed by atoms with Crippen molar-refractivity contribution in [3.8, 4) is 5.75 Å². The number of rotatable bonds is 6. The van der Waals surface area contributed by atoms with E-state index in [-0.39, 0.29) is 34.2 Å². The smallest absolute Gasteiger partial charge is 0.341 e. The van der Waals surface area contributed by atoms with Crippen molar-refractivity contribution in [1.82, 2.24) is 10.0 Å². The average molecular weight is 433 g/mol. The number of carboxylic acid groups (broad SMARTS) is 1. The van der Waals surface area contributed by atoms with Gasteiger partial charge in [0.05, 0.1) is 25.1 Å². The van der Waals surface area contributed by atoms with Gasteiger partial charge >= 0.3 is 5.97 Å². The molecule has 0 bridgehead atoms. The Morgan fingerprint density at radius 2 is 2.00 bits per heavy atom. The predicted octanol–water partition coefficient (Wildman–Crippen LogP) is 2.94. The molecule has 1 atom stereocenters. The maximum Gasteiger partial charge on any atom is 0.341 e. The highest BCUT2D eigenvalue weighted by Crippen LogP contribution is 2.45. The lowest BCUT2D eigenvalue weighted by atomic mass is 9.79. The molecular formula is C22H28FN3O5. The normalized spacial score (nSPS) is 20.8. The quantitative estimate of drug-likeness (QED) is 0.677. The molecular weight excluding hydrogens is 405 g/mol. The third-order valence-corrected chi connectivity index (χ3v) is 6.38. The summed E-state index contributed by atoms with van der Waals surface area (Å²) in [4.78, 5) is 31.5. The highest BCUT2D eigenvalue weighted by Gasteiger charge is 2.39. The van der Waals surface area contributed by atoms with Gasteiger partial charge in [0.15, 0.2) is 11.6 Å². The first kappa shape index (κ1) is 21.6. The summed E-state index contributed by atoms with van der Waals surface area (Å²) in [5.41, 5.74) is 2.49. The molecule has 0 amide bonds. The van der Waals surface area contributed by atoms with Crippen LogP contribution < -0.4 is 20.5 Å². The summed E-state index contributed by atoms with van der Waals surface area (Å²) in [5.74, 6) is -1.65. The van der Waals surface area contributed by atoms with Gasteiger partial charge in [-0.1, -0.05) is 13.8 Å². The monoisotopic (exact) mass is 433 g/mol. The van der Waals surface area contributed by atoms with Crippen LogP contribution in [0.3, 0.4) is 0 Å². The molecule has 31 heavy (non-hydrogen) atoms. The van der Waals surface area contributed by atoms with Gasteiger partial charge in [0.25, 0.3) is 0 Å². The average Bonchev–Trinajstić information content (AvgIpc) is 3.54. The van der Waals surface area contributed by atoms with E-state index in [0.29, 0.717) is 24.3 Å². The first-order valence-corrected chi connectivity index (χ1v) is 10.4. The van der Waals surface area contributed by atoms with E-state index in [4.69, 9.17) is 9.57 Å². The van der Waals surface area contributed by atoms with Crippen molar-refractivity contribution in [2.45, 2.75) is 45.2 Å². The number of benzene rings is 1. The summed E-state index contributed by atoms with van der Waals surface area (Å²) in [7, 11) is 3.03. The zero-order valence-corrected chi connectivity index (χ0v) is 18.2. The van der Waals surface area contributed by atoms with Crippen molar-refractivity contribution in [2.24, 2.45) is 5.41 Å². The number of nitrogens with zero attached hydrogens (tertiary/aromatic N) is 2. The van der Waals surface area contributed by atoms with Gasteiger partial charge in [-0.05, 0) is 30.7 Å². The Labute approximate surface area is 179 Å². The lowest BCUT2D eigenvalue weighted by molar-refractivity contribution is 0.0109. The standard InChI is InChI=1S/C22H28FN3O5/c1-22(2)11-25(8-7-16(22)24-31-4)18-15(23)9-13-17(20(18)30-3)26(12-5-6-12)10-14(19(13)27)21(28)29/h9-10,12,16,24H,5-8,11H2,1-4H3,(H,28,29). The molecule has 1 unspecified atom stereocenters. The van der Waals surface area contributed by atoms with Gasteiger partial charge in [-0.25, -0.2) is 9.18 Å². The van der Waals surface area contributed by atoms with Gasteiger partial charge in [0.1, 0.15) is 11.3 Å². The Balaban J connectivity index is 1.91. The SMILES string of the molecule is CONC1CCN(c2c(F)cc3c(=O)c(C(=O)O)cn(C4CC4)c3c2OC)CC1(C)C. The minimum absolute atomic E-state index is 0.0279. The molecule has 1 aliphatic heterocycles. The number of methoxy groups -OCH3 is 1. The van der Waals surface area contributed by atoms with Crippen LogP contribution in [0.15, 0.2) is 17.1 Å². The summed E-state index contributed by atoms with van der Waals surface area (Å²) in [6.07, 6.45) is 3.84. The minimum Gasteiger partial charge on any atom is -0.492 e. The van der Waals surface area contributed by atoms with Gasteiger partial charge in [-0.2, -0.15) is 5.48 Å². The third-order valence-electron chi connectivity index (χ3n) is 6.38. The topological polar surface area (TPSA) is 93.0 Å². The summed E-state index contributed by atoms with van der Waals surface area (Å²) in [5, 5.41) is 9.50. The van der Waals surface area contributed by atoms with Crippen molar-refractivity contribution in [3.63, 3.8) is 0 Å². The van der Waals surface area contributed by atoms with Gasteiger partial charge in [0.2, 0.25) is 5.43 Å². The van der Waals surface area contributed by atoms with Gasteiger partial charge in [-0.3, -0.25) is 4.79 Å². The van der Waals surface area contributed by atoms with Crippen molar-refractivity contribution in [3.05, 3.63) is 33.9 Å². The zero-order valence-electron chi connectivity index (χ0n) is 18.2. The fourth-order valence-electron chi connectivity index (χ4n) is 4.63. The number of carboxylic acids is 1. The molecule has 2 heterocycles. The highest BCUT2D eigenvalue weighted by atomic mass is 19.1. The van der Waals surface area contributed by atoms with E-state index in [9.17, 15) is 14.7 Å². The van der Waals surface area contributed by atoms with Crippen LogP contribution in [0.4, 0.5) is 10.1 Å². The van der Waals surface area contributed by atoms with Crippen molar-refractivity contribution < 1.29 is 23.9 Å². The molecule has 2 N–H and O–H groups in total. The van der Waals surface area contributed by atoms with Crippen molar-refractivity contribution in [2.75, 3.05) is 32.2 Å². The van der Waals surface area contributed by atoms with E-state index in [1.165, 1.54) is 13.3 Å². The van der Waals surface area contributed by atoms with Gasteiger partial charge < -0.3 is 24.1 Å². The lowest BCUT2D eigenvalue weighted by Crippen LogP contribution is -2.54. The largest absolute Gasteiger partial charge is 0.492 e. The number of piperidine rings is 1. The number of ether oxygens (including phenoxy) is 1. The van der Waals surface area contributed by atoms with Crippen LogP contribution in [0.25, 0.3) is 10.9 Å². The van der Waals surface area contributed by atoms with Gasteiger partial charge in [-0.15, -0.1) is 0 Å². The number of fused-ring (bicyclic) bond motifs is 1. The Morgan fingerprint density at radius 1 is 1.29 bits per heavy atom. The molecule has 0 spiro atoms. The number of hydroxylamine groups is 1. The van der Waals surface area contributed by atoms with Crippen LogP contribution in [0.5, 0.6) is 5.75 Å². The van der Waals surface area contributed by atoms with Crippen LogP contribution in [-0.4, -0.2) is 49.0 Å². The highest BCUT2D eigenvalue weighted by molar-refractivity contribution is 5.97. The summed E-state index contributed by atoms with van der Waals surface area (Å²) < 4.78 is 22.9. The van der Waals surface area contributed by atoms with Crippen LogP contribution in [-0.2, 0) is 4.84 Å². The molecule has 2 aromatic rings. The zero-order chi connectivity index (χ0) is 22.5. The number of hydrogen-bond acceptors (Lipinski definition) is 6. The van der Waals surface area contributed by atoms with Crippen LogP contribution in [0.1, 0.15) is 49.5 Å². The van der Waals surface area contributed by atoms with E-state index < -0.39 is 17.2 Å². The minimum atomic E-state index is -1.32. The first-order valence-electron chi connectivity index (χ1n) is 10.4. The molecule has 4 rings (SSSR count). The number of aromatic carboxylic acids is 1. The van der Waals surface area contributed by atoms with E-state index in [1.807, 2.05) is 4.90 Å². The van der Waals surface area contributed by atoms with E-state index in [2.05, 4.69) is 19.3 Å². The Hall–Kier alpha value is -2.65. The Bertz CT molecular complexity index is 1090. The number of hydrogen-bond donors (Lipinski definition) is 2. The van der Waals surface area contributed by atoms with E-state index >= 15 is 4.39 Å². The second-order valence-corrected chi connectivity index (χ2v) is 9.03. The number of carbonyl (C=O) groups is 1. The fourth-order valence-corrected chi connectivity index (χ4v) is 4.63. The van der Waals surface area contributed by atoms with Crippen LogP contribution >= 0.6 is 0 Å². The fraction of sp³-hybridized carbons (Fsp3) is 0.545. The number of anilines is 1. The van der Waals surface area contributed by atoms with Crippen LogP contribution in [0.2, 0.25) is 0 Å². The molecule has 168 valence electrons. The van der Waals surface area contributed by atoms with Crippen LogP contribution in [0, 0.1) is 11.2 Å². The van der Waals surface area contributed by atoms with Gasteiger partial charge in [0, 0.05) is 31.4 Å². The van der Waals surface area contributed by atoms with Crippen molar-refractivity contribution in [1.29, 1.82) is 0 Å². The summed E-state index contributed by atoms with van der Waals surface area (Å²) in [6, 6.07) is 1.33. The molecule has 2 aliphatic rings. The summed E-state index contributed by atoms with van der Waals surface area (Å²) in [6.45, 7) is 5.29. The number of nitrogens with one attached hydrogen (secondary N) is 1. The maximum absolute atomic E-state index is 15.5. The Morgan fingerprint density at radius 3 is 2.55 bits per heavy atom. The first-order chi connectivity index (χ1) is 14.7. The molecule has 8 nitrogen and oxygen atoms in total. The molecule has 1 aliphatic carbocycles. The molecule has 0 radical (unpaired) electrons. The summed E-state index contributed by atoms with van der Waals surface area (Å²) >= 11 is 0. The van der Waals surface area contributed by atoms with E-state index in [1.54, 1.807) is 11.7 Å². The molecule has 1 saturated heterocycles. The predicted molar refractivity (Wildman–Crippen MR) is 114 cm³/mol. The second-order valence-electron chi connectivity index (χ2n) is 9.03. The molecule has 1 saturated carbocycles. The lowest BCUT2D eigenvalue weighted by Gasteiger charge is -2.45. The third kappa shape index (κ3) is 3.65. The number of pyridine rings is 1. The molecule has 2 fully saturated rings. The Kier molecular flexibility index (Phi) is 5.43. The van der Waals surface area contributed by atoms with Crippen molar-refractivity contribution >= 4 is 22.6 Å².